The Balaban J connectivity index is 0.00000205. The molecule has 1 aromatic carbocycles. The van der Waals surface area contributed by atoms with Crippen molar-refractivity contribution in [1.29, 1.82) is 0 Å². The fraction of sp³-hybridized carbons (Fsp3) is 0.636. The van der Waals surface area contributed by atoms with Crippen molar-refractivity contribution >= 4 is 11.7 Å². The van der Waals surface area contributed by atoms with Crippen LogP contribution < -0.4 is 29.7 Å². The quantitative estimate of drug-likeness (QED) is 0.336. The average Bonchev–Trinajstić information content (AvgIpc) is 3.43. The third-order valence-corrected chi connectivity index (χ3v) is 8.26. The summed E-state index contributed by atoms with van der Waals surface area (Å²) in [4.78, 5) is 24.4. The summed E-state index contributed by atoms with van der Waals surface area (Å²) in [5.41, 5.74) is 5.23. The second-order valence-corrected chi connectivity index (χ2v) is 9.88. The Labute approximate surface area is 188 Å². The molecule has 4 unspecified atom stereocenters. The van der Waals surface area contributed by atoms with Gasteiger partial charge in [0, 0.05) is 42.6 Å². The number of hydrogen-bond acceptors (Lipinski definition) is 4. The zero-order valence-electron chi connectivity index (χ0n) is 16.8. The Hall–Kier alpha value is -1.19. The Kier molecular flexibility index (Phi) is 4.83. The number of primary amides is 1. The topological polar surface area (TPSA) is 101 Å². The van der Waals surface area contributed by atoms with Crippen molar-refractivity contribution in [2.24, 2.45) is 11.7 Å². The highest BCUT2D eigenvalue weighted by molar-refractivity contribution is 5.96. The molecular weight excluding hydrogens is 483 g/mol. The second kappa shape index (κ2) is 6.65. The molecule has 29 heavy (non-hydrogen) atoms. The molecule has 0 spiro atoms. The molecule has 6 nitrogen and oxygen atoms in total. The van der Waals surface area contributed by atoms with Gasteiger partial charge in [0.05, 0.1) is 25.7 Å². The predicted molar refractivity (Wildman–Crippen MR) is 103 cm³/mol. The first-order chi connectivity index (χ1) is 13.2. The van der Waals surface area contributed by atoms with Gasteiger partial charge in [0.2, 0.25) is 0 Å². The molecule has 4 aliphatic rings. The molecule has 0 radical (unpaired) electrons. The number of carbonyl (C=O) groups excluding carboxylic acids is 2. The summed E-state index contributed by atoms with van der Waals surface area (Å²) < 4.78 is 0.828. The van der Waals surface area contributed by atoms with Gasteiger partial charge >= 0.3 is 0 Å². The Morgan fingerprint density at radius 1 is 1.31 bits per heavy atom. The molecule has 4 N–H and O–H groups in total. The molecule has 0 aromatic heterocycles. The minimum absolute atomic E-state index is 0. The van der Waals surface area contributed by atoms with Crippen molar-refractivity contribution in [3.05, 3.63) is 28.8 Å². The number of nitrogens with two attached hydrogens (primary N) is 1. The van der Waals surface area contributed by atoms with Crippen LogP contribution in [0.2, 0.25) is 0 Å². The van der Waals surface area contributed by atoms with Crippen LogP contribution in [0, 0.1) is 5.92 Å². The fourth-order valence-electron chi connectivity index (χ4n) is 6.73. The number of quaternary nitrogens is 1. The highest BCUT2D eigenvalue weighted by Gasteiger charge is 2.70. The largest absolute Gasteiger partial charge is 1.00 e. The lowest BCUT2D eigenvalue weighted by molar-refractivity contribution is -0.950. The van der Waals surface area contributed by atoms with Crippen LogP contribution in [0.3, 0.4) is 0 Å². The molecular formula is C22H29IN2O4. The number of likely N-dealkylation sites (tertiary alicyclic amines) is 1. The van der Waals surface area contributed by atoms with E-state index in [1.807, 2.05) is 6.07 Å². The van der Waals surface area contributed by atoms with Gasteiger partial charge in [-0.1, -0.05) is 6.07 Å². The summed E-state index contributed by atoms with van der Waals surface area (Å²) in [5.74, 6) is 0.0429. The first kappa shape index (κ1) is 21.1. The van der Waals surface area contributed by atoms with E-state index in [0.29, 0.717) is 31.2 Å². The van der Waals surface area contributed by atoms with E-state index < -0.39 is 16.9 Å². The van der Waals surface area contributed by atoms with Gasteiger partial charge < -0.3 is 44.4 Å². The van der Waals surface area contributed by atoms with Gasteiger partial charge in [-0.25, -0.2) is 0 Å². The van der Waals surface area contributed by atoms with E-state index in [0.717, 1.165) is 29.1 Å². The number of Topliss-reactive ketones (excluding diaryl/α,β-unsaturated/α-hetero) is 1. The highest BCUT2D eigenvalue weighted by atomic mass is 127. The number of likely N-dealkylation sites (N-methyl/N-ethyl adjacent to an activating group) is 1. The van der Waals surface area contributed by atoms with Crippen LogP contribution in [0.1, 0.15) is 60.0 Å². The minimum atomic E-state index is -1.05. The maximum atomic E-state index is 12.6. The number of ketones is 1. The SMILES string of the molecule is C[N+]1(CC2CC2)CCC23CC(=O)CCC2(O)C1Cc1ccc(C(N)=O)c(O)c13.[I-]. The molecule has 1 amide bonds. The molecule has 2 saturated carbocycles. The van der Waals surface area contributed by atoms with Crippen LogP contribution in [-0.4, -0.2) is 58.2 Å². The van der Waals surface area contributed by atoms with E-state index >= 15 is 0 Å². The summed E-state index contributed by atoms with van der Waals surface area (Å²) >= 11 is 0. The third kappa shape index (κ3) is 2.80. The van der Waals surface area contributed by atoms with Crippen LogP contribution in [0.5, 0.6) is 5.75 Å². The summed E-state index contributed by atoms with van der Waals surface area (Å²) in [6, 6.07) is 3.46. The molecule has 1 saturated heterocycles. The number of rotatable bonds is 3. The molecule has 1 aliphatic heterocycles. The first-order valence-electron chi connectivity index (χ1n) is 10.4. The fourth-order valence-corrected chi connectivity index (χ4v) is 6.73. The van der Waals surface area contributed by atoms with Gasteiger partial charge in [0.25, 0.3) is 5.91 Å². The maximum Gasteiger partial charge on any atom is 0.252 e. The number of benzene rings is 1. The van der Waals surface area contributed by atoms with Crippen LogP contribution in [0.4, 0.5) is 0 Å². The van der Waals surface area contributed by atoms with Crippen molar-refractivity contribution in [2.45, 2.75) is 62.0 Å². The van der Waals surface area contributed by atoms with Gasteiger partial charge in [0.1, 0.15) is 23.2 Å². The summed E-state index contributed by atoms with van der Waals surface area (Å²) in [5, 5.41) is 23.2. The third-order valence-electron chi connectivity index (χ3n) is 8.26. The number of hydrogen-bond donors (Lipinski definition) is 3. The molecule has 4 atom stereocenters. The lowest BCUT2D eigenvalue weighted by Gasteiger charge is -2.65. The van der Waals surface area contributed by atoms with Gasteiger partial charge in [-0.05, 0) is 30.9 Å². The number of phenols is 1. The van der Waals surface area contributed by atoms with E-state index in [9.17, 15) is 19.8 Å². The predicted octanol–water partition coefficient (Wildman–Crippen LogP) is -1.60. The van der Waals surface area contributed by atoms with E-state index in [1.54, 1.807) is 6.07 Å². The lowest BCUT2D eigenvalue weighted by Crippen LogP contribution is -3.00. The molecule has 3 fully saturated rings. The number of aliphatic hydroxyl groups is 1. The number of fused-ring (bicyclic) bond motifs is 1. The molecule has 2 bridgehead atoms. The molecule has 3 aliphatic carbocycles. The van der Waals surface area contributed by atoms with E-state index in [1.165, 1.54) is 12.8 Å². The molecule has 1 heterocycles. The Bertz CT molecular complexity index is 901. The Morgan fingerprint density at radius 3 is 2.69 bits per heavy atom. The van der Waals surface area contributed by atoms with Crippen molar-refractivity contribution < 1.29 is 48.3 Å². The van der Waals surface area contributed by atoms with Crippen LogP contribution in [-0.2, 0) is 16.6 Å². The summed E-state index contributed by atoms with van der Waals surface area (Å²) in [7, 11) is 2.25. The number of nitrogens with zero attached hydrogens (tertiary/aromatic N) is 1. The highest BCUT2D eigenvalue weighted by Crippen LogP contribution is 2.61. The minimum Gasteiger partial charge on any atom is -1.00 e. The Morgan fingerprint density at radius 2 is 2.03 bits per heavy atom. The molecule has 5 rings (SSSR count). The molecule has 158 valence electrons. The zero-order chi connectivity index (χ0) is 19.9. The van der Waals surface area contributed by atoms with Gasteiger partial charge in [-0.2, -0.15) is 0 Å². The monoisotopic (exact) mass is 512 g/mol. The van der Waals surface area contributed by atoms with Crippen LogP contribution in [0.15, 0.2) is 12.1 Å². The van der Waals surface area contributed by atoms with Crippen molar-refractivity contribution in [3.8, 4) is 5.75 Å². The van der Waals surface area contributed by atoms with E-state index in [-0.39, 0.29) is 53.5 Å². The van der Waals surface area contributed by atoms with Gasteiger partial charge in [-0.3, -0.25) is 9.59 Å². The lowest BCUT2D eigenvalue weighted by atomic mass is 9.48. The number of carbonyl (C=O) groups is 2. The second-order valence-electron chi connectivity index (χ2n) is 9.88. The summed E-state index contributed by atoms with van der Waals surface area (Å²) in [6.45, 7) is 1.94. The van der Waals surface area contributed by atoms with Gasteiger partial charge in [0.15, 0.2) is 0 Å². The average molecular weight is 512 g/mol. The van der Waals surface area contributed by atoms with Crippen LogP contribution in [0.25, 0.3) is 0 Å². The smallest absolute Gasteiger partial charge is 0.252 e. The molecule has 1 aromatic rings. The number of aromatic hydroxyl groups is 1. The first-order valence-corrected chi connectivity index (χ1v) is 10.4. The van der Waals surface area contributed by atoms with Gasteiger partial charge in [-0.15, -0.1) is 0 Å². The summed E-state index contributed by atoms with van der Waals surface area (Å²) in [6.07, 6.45) is 4.85. The number of amides is 1. The normalized spacial score (nSPS) is 37.9. The number of piperidine rings is 1. The van der Waals surface area contributed by atoms with E-state index in [2.05, 4.69) is 7.05 Å². The molecule has 7 heteroatoms. The van der Waals surface area contributed by atoms with Crippen molar-refractivity contribution in [2.75, 3.05) is 20.1 Å². The number of halogens is 1. The standard InChI is InChI=1S/C22H28N2O4.HI/c1-24(12-13-2-3-13)9-8-21-11-15(25)6-7-22(21,28)17(24)10-14-4-5-16(20(23)27)19(26)18(14)21;/h4-5,13,17,28H,2-3,6-12H2,1H3,(H2-,23,26,27);1H. The van der Waals surface area contributed by atoms with Crippen molar-refractivity contribution in [3.63, 3.8) is 0 Å². The maximum absolute atomic E-state index is 12.6. The van der Waals surface area contributed by atoms with Crippen LogP contribution >= 0.6 is 0 Å². The van der Waals surface area contributed by atoms with E-state index in [4.69, 9.17) is 5.73 Å². The zero-order valence-corrected chi connectivity index (χ0v) is 18.9. The van der Waals surface area contributed by atoms with Crippen molar-refractivity contribution in [1.82, 2.24) is 0 Å².